The molecule has 0 spiro atoms. The number of hydrogen-bond acceptors (Lipinski definition) is 3. The number of piperidine rings is 1. The van der Waals surface area contributed by atoms with Gasteiger partial charge in [0.05, 0.1) is 0 Å². The minimum absolute atomic E-state index is 0.559. The van der Waals surface area contributed by atoms with Gasteiger partial charge in [-0.15, -0.1) is 11.6 Å². The summed E-state index contributed by atoms with van der Waals surface area (Å²) in [5, 5.41) is 0. The minimum atomic E-state index is 0.559. The van der Waals surface area contributed by atoms with Gasteiger partial charge in [-0.25, -0.2) is 4.98 Å². The molecule has 1 aromatic heterocycles. The first-order valence-corrected chi connectivity index (χ1v) is 7.64. The lowest BCUT2D eigenvalue weighted by atomic mass is 10.0. The molecule has 4 heteroatoms. The number of aryl methyl sites for hydroxylation is 1. The van der Waals surface area contributed by atoms with Crippen molar-refractivity contribution in [3.8, 4) is 0 Å². The van der Waals surface area contributed by atoms with Gasteiger partial charge in [0.15, 0.2) is 0 Å². The van der Waals surface area contributed by atoms with Crippen LogP contribution in [0.5, 0.6) is 0 Å². The number of halogens is 1. The molecular weight excluding hydrogens is 258 g/mol. The van der Waals surface area contributed by atoms with E-state index in [-0.39, 0.29) is 0 Å². The van der Waals surface area contributed by atoms with E-state index in [4.69, 9.17) is 16.6 Å². The molecule has 2 rings (SSSR count). The van der Waals surface area contributed by atoms with E-state index < -0.39 is 0 Å². The molecule has 0 aromatic carbocycles. The van der Waals surface area contributed by atoms with Crippen LogP contribution in [0.3, 0.4) is 0 Å². The van der Waals surface area contributed by atoms with Gasteiger partial charge in [-0.3, -0.25) is 0 Å². The summed E-state index contributed by atoms with van der Waals surface area (Å²) in [6.45, 7) is 4.48. The Bertz CT molecular complexity index is 392. The topological polar surface area (TPSA) is 19.4 Å². The standard InChI is InChI=1S/C15H24ClN3/c1-4-13-9-12(11-16)10-15(17-13)19(3)14-5-7-18(2)8-6-14/h9-10,14H,4-8,11H2,1-3H3. The molecule has 1 aliphatic rings. The fourth-order valence-electron chi connectivity index (χ4n) is 2.64. The molecule has 0 saturated carbocycles. The highest BCUT2D eigenvalue weighted by Crippen LogP contribution is 2.22. The Kier molecular flexibility index (Phi) is 5.06. The molecule has 0 amide bonds. The van der Waals surface area contributed by atoms with Gasteiger partial charge in [-0.2, -0.15) is 0 Å². The average Bonchev–Trinajstić information content (AvgIpc) is 2.46. The lowest BCUT2D eigenvalue weighted by Gasteiger charge is -2.36. The summed E-state index contributed by atoms with van der Waals surface area (Å²) in [7, 11) is 4.35. The lowest BCUT2D eigenvalue weighted by Crippen LogP contribution is -2.42. The molecule has 19 heavy (non-hydrogen) atoms. The maximum atomic E-state index is 5.98. The summed E-state index contributed by atoms with van der Waals surface area (Å²) < 4.78 is 0. The summed E-state index contributed by atoms with van der Waals surface area (Å²) in [6.07, 6.45) is 3.38. The van der Waals surface area contributed by atoms with Gasteiger partial charge in [-0.1, -0.05) is 6.92 Å². The highest BCUT2D eigenvalue weighted by Gasteiger charge is 2.21. The van der Waals surface area contributed by atoms with Crippen molar-refractivity contribution >= 4 is 17.4 Å². The monoisotopic (exact) mass is 281 g/mol. The van der Waals surface area contributed by atoms with Gasteiger partial charge in [0.25, 0.3) is 0 Å². The Hall–Kier alpha value is -0.800. The van der Waals surface area contributed by atoms with Crippen LogP contribution in [-0.4, -0.2) is 43.1 Å². The van der Waals surface area contributed by atoms with Crippen molar-refractivity contribution in [1.29, 1.82) is 0 Å². The molecular formula is C15H24ClN3. The average molecular weight is 282 g/mol. The number of aromatic nitrogens is 1. The second-order valence-electron chi connectivity index (χ2n) is 5.46. The summed E-state index contributed by atoms with van der Waals surface area (Å²) >= 11 is 5.98. The normalized spacial score (nSPS) is 17.7. The van der Waals surface area contributed by atoms with Gasteiger partial charge >= 0.3 is 0 Å². The molecule has 0 N–H and O–H groups in total. The van der Waals surface area contributed by atoms with Crippen LogP contribution in [0.25, 0.3) is 0 Å². The fourth-order valence-corrected chi connectivity index (χ4v) is 2.80. The smallest absolute Gasteiger partial charge is 0.129 e. The van der Waals surface area contributed by atoms with Gasteiger partial charge in [0.2, 0.25) is 0 Å². The number of pyridine rings is 1. The van der Waals surface area contributed by atoms with Gasteiger partial charge < -0.3 is 9.80 Å². The first-order chi connectivity index (χ1) is 9.13. The molecule has 106 valence electrons. The van der Waals surface area contributed by atoms with Crippen molar-refractivity contribution in [2.45, 2.75) is 38.1 Å². The van der Waals surface area contributed by atoms with Crippen LogP contribution in [0.2, 0.25) is 0 Å². The zero-order valence-corrected chi connectivity index (χ0v) is 13.0. The molecule has 1 aliphatic heterocycles. The molecule has 1 fully saturated rings. The van der Waals surface area contributed by atoms with E-state index in [9.17, 15) is 0 Å². The van der Waals surface area contributed by atoms with E-state index in [1.54, 1.807) is 0 Å². The predicted octanol–water partition coefficient (Wildman–Crippen LogP) is 2.91. The van der Waals surface area contributed by atoms with Crippen LogP contribution in [0, 0.1) is 0 Å². The largest absolute Gasteiger partial charge is 0.357 e. The van der Waals surface area contributed by atoms with Crippen molar-refractivity contribution in [3.05, 3.63) is 23.4 Å². The maximum Gasteiger partial charge on any atom is 0.129 e. The van der Waals surface area contributed by atoms with Crippen molar-refractivity contribution in [2.24, 2.45) is 0 Å². The summed E-state index contributed by atoms with van der Waals surface area (Å²) in [5.41, 5.74) is 2.30. The third kappa shape index (κ3) is 3.61. The number of hydrogen-bond donors (Lipinski definition) is 0. The van der Waals surface area contributed by atoms with Gasteiger partial charge in [0, 0.05) is 24.7 Å². The SMILES string of the molecule is CCc1cc(CCl)cc(N(C)C2CCN(C)CC2)n1. The van der Waals surface area contributed by atoms with Crippen LogP contribution in [0.15, 0.2) is 12.1 Å². The lowest BCUT2D eigenvalue weighted by molar-refractivity contribution is 0.252. The molecule has 3 nitrogen and oxygen atoms in total. The molecule has 0 bridgehead atoms. The Morgan fingerprint density at radius 1 is 1.37 bits per heavy atom. The third-order valence-corrected chi connectivity index (χ3v) is 4.35. The zero-order valence-electron chi connectivity index (χ0n) is 12.2. The van der Waals surface area contributed by atoms with Crippen LogP contribution >= 0.6 is 11.6 Å². The Labute approximate surface area is 121 Å². The number of likely N-dealkylation sites (tertiary alicyclic amines) is 1. The highest BCUT2D eigenvalue weighted by atomic mass is 35.5. The predicted molar refractivity (Wildman–Crippen MR) is 82.1 cm³/mol. The third-order valence-electron chi connectivity index (χ3n) is 4.04. The second-order valence-corrected chi connectivity index (χ2v) is 5.72. The van der Waals surface area contributed by atoms with Crippen LogP contribution in [-0.2, 0) is 12.3 Å². The Balaban J connectivity index is 2.15. The first kappa shape index (κ1) is 14.6. The molecule has 2 heterocycles. The molecule has 1 aromatic rings. The molecule has 0 atom stereocenters. The Morgan fingerprint density at radius 3 is 2.63 bits per heavy atom. The zero-order chi connectivity index (χ0) is 13.8. The van der Waals surface area contributed by atoms with E-state index in [0.717, 1.165) is 17.9 Å². The molecule has 0 radical (unpaired) electrons. The van der Waals surface area contributed by atoms with Crippen LogP contribution in [0.4, 0.5) is 5.82 Å². The van der Waals surface area contributed by atoms with Crippen molar-refractivity contribution in [3.63, 3.8) is 0 Å². The van der Waals surface area contributed by atoms with E-state index in [1.807, 2.05) is 0 Å². The van der Waals surface area contributed by atoms with Crippen molar-refractivity contribution < 1.29 is 0 Å². The van der Waals surface area contributed by atoms with Crippen molar-refractivity contribution in [1.82, 2.24) is 9.88 Å². The first-order valence-electron chi connectivity index (χ1n) is 7.11. The van der Waals surface area contributed by atoms with Gasteiger partial charge in [0.1, 0.15) is 5.82 Å². The fraction of sp³-hybridized carbons (Fsp3) is 0.667. The second kappa shape index (κ2) is 6.58. The minimum Gasteiger partial charge on any atom is -0.357 e. The summed E-state index contributed by atoms with van der Waals surface area (Å²) in [5.74, 6) is 1.63. The number of alkyl halides is 1. The van der Waals surface area contributed by atoms with Gasteiger partial charge in [-0.05, 0) is 57.1 Å². The number of rotatable bonds is 4. The van der Waals surface area contributed by atoms with E-state index in [0.29, 0.717) is 11.9 Å². The Morgan fingerprint density at radius 2 is 2.05 bits per heavy atom. The van der Waals surface area contributed by atoms with Crippen LogP contribution < -0.4 is 4.90 Å². The maximum absolute atomic E-state index is 5.98. The van der Waals surface area contributed by atoms with Crippen LogP contribution in [0.1, 0.15) is 31.0 Å². The molecule has 0 unspecified atom stereocenters. The summed E-state index contributed by atoms with van der Waals surface area (Å²) in [4.78, 5) is 9.48. The van der Waals surface area contributed by atoms with E-state index in [2.05, 4.69) is 43.0 Å². The number of anilines is 1. The van der Waals surface area contributed by atoms with E-state index >= 15 is 0 Å². The van der Waals surface area contributed by atoms with Crippen molar-refractivity contribution in [2.75, 3.05) is 32.1 Å². The summed E-state index contributed by atoms with van der Waals surface area (Å²) in [6, 6.07) is 4.84. The number of nitrogens with zero attached hydrogens (tertiary/aromatic N) is 3. The quantitative estimate of drug-likeness (QED) is 0.791. The van der Waals surface area contributed by atoms with E-state index in [1.165, 1.54) is 31.5 Å². The molecule has 0 aliphatic carbocycles. The molecule has 1 saturated heterocycles. The highest BCUT2D eigenvalue weighted by molar-refractivity contribution is 6.17.